The summed E-state index contributed by atoms with van der Waals surface area (Å²) in [5, 5.41) is 12.4. The Balaban J connectivity index is 1.37. The molecule has 0 radical (unpaired) electrons. The number of hydrogen-bond acceptors (Lipinski definition) is 5. The van der Waals surface area contributed by atoms with E-state index in [0.717, 1.165) is 47.4 Å². The van der Waals surface area contributed by atoms with Gasteiger partial charge in [-0.15, -0.1) is 10.2 Å². The number of nitrogens with zero attached hydrogens (tertiary/aromatic N) is 3. The number of rotatable bonds is 10. The molecule has 1 aromatic carbocycles. The number of hydrogen-bond donors (Lipinski definition) is 1. The summed E-state index contributed by atoms with van der Waals surface area (Å²) in [6.07, 6.45) is 4.00. The number of unbranched alkanes of at least 4 members (excludes halogenated alkanes) is 1. The number of thioether (sulfide) groups is 1. The summed E-state index contributed by atoms with van der Waals surface area (Å²) in [7, 11) is 0. The van der Waals surface area contributed by atoms with Crippen LogP contribution in [0.5, 0.6) is 0 Å². The number of carbonyl (C=O) groups excluding carboxylic acids is 1. The Morgan fingerprint density at radius 1 is 1.15 bits per heavy atom. The van der Waals surface area contributed by atoms with Gasteiger partial charge < -0.3 is 9.73 Å². The summed E-state index contributed by atoms with van der Waals surface area (Å²) in [5.74, 6) is 2.49. The molecule has 6 nitrogen and oxygen atoms in total. The van der Waals surface area contributed by atoms with Crippen LogP contribution in [0.2, 0.25) is 0 Å². The maximum atomic E-state index is 11.9. The van der Waals surface area contributed by atoms with E-state index in [2.05, 4.69) is 27.0 Å². The second-order valence-electron chi connectivity index (χ2n) is 6.10. The van der Waals surface area contributed by atoms with E-state index in [-0.39, 0.29) is 5.91 Å². The molecule has 0 unspecified atom stereocenters. The average Bonchev–Trinajstić information content (AvgIpc) is 3.36. The van der Waals surface area contributed by atoms with Gasteiger partial charge in [-0.25, -0.2) is 0 Å². The third kappa shape index (κ3) is 5.47. The lowest BCUT2D eigenvalue weighted by Gasteiger charge is -2.06. The molecule has 3 aromatic rings. The highest BCUT2D eigenvalue weighted by Gasteiger charge is 2.14. The highest BCUT2D eigenvalue weighted by atomic mass is 32.2. The SMILES string of the molecule is CCn1c(SCCCCC(=O)NCc2ccccc2)nnc1-c1ccco1. The maximum Gasteiger partial charge on any atom is 0.220 e. The Morgan fingerprint density at radius 2 is 2.00 bits per heavy atom. The zero-order valence-electron chi connectivity index (χ0n) is 15.4. The Bertz CT molecular complexity index is 831. The molecule has 0 atom stereocenters. The summed E-state index contributed by atoms with van der Waals surface area (Å²) in [4.78, 5) is 11.9. The van der Waals surface area contributed by atoms with Gasteiger partial charge in [0.25, 0.3) is 0 Å². The van der Waals surface area contributed by atoms with Crippen LogP contribution in [0.3, 0.4) is 0 Å². The third-order valence-corrected chi connectivity index (χ3v) is 5.19. The van der Waals surface area contributed by atoms with Crippen molar-refractivity contribution >= 4 is 17.7 Å². The quantitative estimate of drug-likeness (QED) is 0.420. The van der Waals surface area contributed by atoms with Crippen molar-refractivity contribution in [3.63, 3.8) is 0 Å². The summed E-state index contributed by atoms with van der Waals surface area (Å²) >= 11 is 1.67. The molecular formula is C20H24N4O2S. The fourth-order valence-corrected chi connectivity index (χ4v) is 3.71. The molecule has 3 rings (SSSR count). The van der Waals surface area contributed by atoms with Gasteiger partial charge in [-0.05, 0) is 37.5 Å². The van der Waals surface area contributed by atoms with Crippen LogP contribution in [0.1, 0.15) is 31.7 Å². The molecule has 27 heavy (non-hydrogen) atoms. The molecule has 7 heteroatoms. The molecule has 0 aliphatic heterocycles. The monoisotopic (exact) mass is 384 g/mol. The van der Waals surface area contributed by atoms with Crippen molar-refractivity contribution in [2.45, 2.75) is 44.4 Å². The van der Waals surface area contributed by atoms with E-state index in [4.69, 9.17) is 4.42 Å². The molecular weight excluding hydrogens is 360 g/mol. The number of amides is 1. The van der Waals surface area contributed by atoms with Crippen LogP contribution in [0.15, 0.2) is 58.3 Å². The largest absolute Gasteiger partial charge is 0.461 e. The van der Waals surface area contributed by atoms with Gasteiger partial charge in [-0.3, -0.25) is 9.36 Å². The third-order valence-electron chi connectivity index (χ3n) is 4.14. The van der Waals surface area contributed by atoms with Crippen molar-refractivity contribution in [2.75, 3.05) is 5.75 Å². The van der Waals surface area contributed by atoms with E-state index >= 15 is 0 Å². The molecule has 0 fully saturated rings. The van der Waals surface area contributed by atoms with Gasteiger partial charge in [-0.2, -0.15) is 0 Å². The zero-order valence-corrected chi connectivity index (χ0v) is 16.2. The van der Waals surface area contributed by atoms with E-state index in [1.54, 1.807) is 18.0 Å². The Kier molecular flexibility index (Phi) is 7.10. The Labute approximate surface area is 163 Å². The van der Waals surface area contributed by atoms with Crippen LogP contribution in [-0.2, 0) is 17.9 Å². The van der Waals surface area contributed by atoms with Crippen molar-refractivity contribution < 1.29 is 9.21 Å². The average molecular weight is 385 g/mol. The van der Waals surface area contributed by atoms with Crippen LogP contribution in [-0.4, -0.2) is 26.4 Å². The van der Waals surface area contributed by atoms with E-state index in [9.17, 15) is 4.79 Å². The molecule has 0 aliphatic rings. The zero-order chi connectivity index (χ0) is 18.9. The number of aromatic nitrogens is 3. The van der Waals surface area contributed by atoms with Gasteiger partial charge >= 0.3 is 0 Å². The van der Waals surface area contributed by atoms with Crippen LogP contribution >= 0.6 is 11.8 Å². The van der Waals surface area contributed by atoms with E-state index in [1.807, 2.05) is 42.5 Å². The standard InChI is InChI=1S/C20H24N4O2S/c1-2-24-19(17-11-8-13-26-17)22-23-20(24)27-14-7-6-12-18(25)21-15-16-9-4-3-5-10-16/h3-5,8-11,13H,2,6-7,12,14-15H2,1H3,(H,21,25). The molecule has 0 bridgehead atoms. The molecule has 0 saturated carbocycles. The molecule has 0 spiro atoms. The van der Waals surface area contributed by atoms with Crippen LogP contribution in [0, 0.1) is 0 Å². The van der Waals surface area contributed by atoms with Crippen LogP contribution < -0.4 is 5.32 Å². The Hall–Kier alpha value is -2.54. The van der Waals surface area contributed by atoms with Crippen molar-refractivity contribution in [3.8, 4) is 11.6 Å². The minimum Gasteiger partial charge on any atom is -0.461 e. The van der Waals surface area contributed by atoms with Gasteiger partial charge in [0, 0.05) is 25.3 Å². The molecule has 0 aliphatic carbocycles. The van der Waals surface area contributed by atoms with Gasteiger partial charge in [0.05, 0.1) is 6.26 Å². The first-order valence-corrected chi connectivity index (χ1v) is 10.2. The second-order valence-corrected chi connectivity index (χ2v) is 7.16. The summed E-state index contributed by atoms with van der Waals surface area (Å²) in [6.45, 7) is 3.44. The number of nitrogens with one attached hydrogen (secondary N) is 1. The predicted octanol–water partition coefficient (Wildman–Crippen LogP) is 4.14. The molecule has 1 amide bonds. The van der Waals surface area contributed by atoms with Crippen molar-refractivity contribution in [3.05, 3.63) is 54.3 Å². The first kappa shape index (κ1) is 19.2. The topological polar surface area (TPSA) is 73.0 Å². The molecule has 1 N–H and O–H groups in total. The lowest BCUT2D eigenvalue weighted by molar-refractivity contribution is -0.121. The van der Waals surface area contributed by atoms with Gasteiger partial charge in [0.15, 0.2) is 16.7 Å². The predicted molar refractivity (Wildman–Crippen MR) is 106 cm³/mol. The first-order valence-electron chi connectivity index (χ1n) is 9.18. The van der Waals surface area contributed by atoms with Crippen LogP contribution in [0.4, 0.5) is 0 Å². The highest BCUT2D eigenvalue weighted by Crippen LogP contribution is 2.24. The van der Waals surface area contributed by atoms with Crippen LogP contribution in [0.25, 0.3) is 11.6 Å². The number of furan rings is 1. The second kappa shape index (κ2) is 9.97. The summed E-state index contributed by atoms with van der Waals surface area (Å²) in [6, 6.07) is 13.7. The first-order chi connectivity index (χ1) is 13.3. The van der Waals surface area contributed by atoms with Crippen molar-refractivity contribution in [2.24, 2.45) is 0 Å². The lowest BCUT2D eigenvalue weighted by Crippen LogP contribution is -2.22. The number of benzene rings is 1. The number of carbonyl (C=O) groups is 1. The maximum absolute atomic E-state index is 11.9. The van der Waals surface area contributed by atoms with Gasteiger partial charge in [-0.1, -0.05) is 42.1 Å². The minimum atomic E-state index is 0.0979. The fraction of sp³-hybridized carbons (Fsp3) is 0.350. The van der Waals surface area contributed by atoms with Crippen molar-refractivity contribution in [1.82, 2.24) is 20.1 Å². The molecule has 0 saturated heterocycles. The molecule has 2 heterocycles. The van der Waals surface area contributed by atoms with Crippen molar-refractivity contribution in [1.29, 1.82) is 0 Å². The van der Waals surface area contributed by atoms with Gasteiger partial charge in [0.1, 0.15) is 0 Å². The normalized spacial score (nSPS) is 10.9. The highest BCUT2D eigenvalue weighted by molar-refractivity contribution is 7.99. The summed E-state index contributed by atoms with van der Waals surface area (Å²) < 4.78 is 7.47. The minimum absolute atomic E-state index is 0.0979. The smallest absolute Gasteiger partial charge is 0.220 e. The lowest BCUT2D eigenvalue weighted by atomic mass is 10.2. The van der Waals surface area contributed by atoms with E-state index < -0.39 is 0 Å². The molecule has 2 aromatic heterocycles. The van der Waals surface area contributed by atoms with Gasteiger partial charge in [0.2, 0.25) is 5.91 Å². The molecule has 142 valence electrons. The Morgan fingerprint density at radius 3 is 2.74 bits per heavy atom. The van der Waals surface area contributed by atoms with E-state index in [0.29, 0.717) is 13.0 Å². The fourth-order valence-electron chi connectivity index (χ4n) is 2.70. The van der Waals surface area contributed by atoms with E-state index in [1.165, 1.54) is 0 Å². The summed E-state index contributed by atoms with van der Waals surface area (Å²) in [5.41, 5.74) is 1.12.